The lowest BCUT2D eigenvalue weighted by Gasteiger charge is -2.31. The van der Waals surface area contributed by atoms with Crippen molar-refractivity contribution in [1.29, 1.82) is 5.26 Å². The van der Waals surface area contributed by atoms with Gasteiger partial charge in [0.1, 0.15) is 0 Å². The Labute approximate surface area is 99.6 Å². The second kappa shape index (κ2) is 6.22. The molecule has 0 atom stereocenters. The third-order valence-electron chi connectivity index (χ3n) is 3.62. The second-order valence-corrected chi connectivity index (χ2v) is 5.62. The minimum atomic E-state index is -0.157. The minimum absolute atomic E-state index is 0.157. The maximum absolute atomic E-state index is 8.92. The molecule has 0 radical (unpaired) electrons. The lowest BCUT2D eigenvalue weighted by Crippen LogP contribution is -2.36. The van der Waals surface area contributed by atoms with Gasteiger partial charge in [0, 0.05) is 0 Å². The van der Waals surface area contributed by atoms with Gasteiger partial charge >= 0.3 is 0 Å². The van der Waals surface area contributed by atoms with E-state index in [9.17, 15) is 0 Å². The highest BCUT2D eigenvalue weighted by Gasteiger charge is 2.19. The van der Waals surface area contributed by atoms with Crippen LogP contribution in [-0.4, -0.2) is 31.1 Å². The molecule has 3 heteroatoms. The lowest BCUT2D eigenvalue weighted by atomic mass is 9.89. The van der Waals surface area contributed by atoms with Gasteiger partial charge in [0.05, 0.1) is 11.5 Å². The van der Waals surface area contributed by atoms with E-state index in [2.05, 4.69) is 11.0 Å². The van der Waals surface area contributed by atoms with Crippen LogP contribution in [0.4, 0.5) is 0 Å². The van der Waals surface area contributed by atoms with Crippen molar-refractivity contribution in [2.75, 3.05) is 26.2 Å². The zero-order valence-electron chi connectivity index (χ0n) is 10.7. The summed E-state index contributed by atoms with van der Waals surface area (Å²) in [7, 11) is 0. The monoisotopic (exact) mass is 223 g/mol. The fourth-order valence-corrected chi connectivity index (χ4v) is 2.25. The third-order valence-corrected chi connectivity index (χ3v) is 3.62. The number of rotatable bonds is 5. The van der Waals surface area contributed by atoms with Crippen LogP contribution < -0.4 is 5.73 Å². The summed E-state index contributed by atoms with van der Waals surface area (Å²) in [6, 6.07) is 2.36. The molecule has 0 spiro atoms. The van der Waals surface area contributed by atoms with Crippen molar-refractivity contribution in [3.8, 4) is 6.07 Å². The molecule has 0 aliphatic carbocycles. The van der Waals surface area contributed by atoms with Crippen LogP contribution >= 0.6 is 0 Å². The van der Waals surface area contributed by atoms with Crippen molar-refractivity contribution < 1.29 is 0 Å². The number of nitriles is 1. The molecule has 1 fully saturated rings. The predicted octanol–water partition coefficient (Wildman–Crippen LogP) is 1.99. The van der Waals surface area contributed by atoms with Crippen molar-refractivity contribution >= 4 is 0 Å². The number of piperidine rings is 1. The molecular weight excluding hydrogens is 198 g/mol. The Balaban J connectivity index is 2.14. The summed E-state index contributed by atoms with van der Waals surface area (Å²) in [5.74, 6) is 0.742. The highest BCUT2D eigenvalue weighted by atomic mass is 15.1. The molecule has 2 N–H and O–H groups in total. The topological polar surface area (TPSA) is 53.0 Å². The summed E-state index contributed by atoms with van der Waals surface area (Å²) in [6.07, 6.45) is 4.63. The average molecular weight is 223 g/mol. The van der Waals surface area contributed by atoms with E-state index in [1.54, 1.807) is 0 Å². The van der Waals surface area contributed by atoms with Crippen molar-refractivity contribution in [3.63, 3.8) is 0 Å². The van der Waals surface area contributed by atoms with Crippen molar-refractivity contribution in [3.05, 3.63) is 0 Å². The molecule has 0 aromatic carbocycles. The van der Waals surface area contributed by atoms with Gasteiger partial charge < -0.3 is 10.6 Å². The first-order valence-corrected chi connectivity index (χ1v) is 6.41. The molecule has 92 valence electrons. The summed E-state index contributed by atoms with van der Waals surface area (Å²) < 4.78 is 0. The van der Waals surface area contributed by atoms with Crippen LogP contribution in [0.15, 0.2) is 0 Å². The molecule has 1 saturated heterocycles. The van der Waals surface area contributed by atoms with Crippen LogP contribution in [-0.2, 0) is 0 Å². The minimum Gasteiger partial charge on any atom is -0.330 e. The average Bonchev–Trinajstić information content (AvgIpc) is 2.30. The molecular formula is C13H25N3. The Hall–Kier alpha value is -0.590. The van der Waals surface area contributed by atoms with Gasteiger partial charge in [-0.2, -0.15) is 5.26 Å². The van der Waals surface area contributed by atoms with E-state index >= 15 is 0 Å². The molecule has 1 aliphatic rings. The van der Waals surface area contributed by atoms with Crippen molar-refractivity contribution in [1.82, 2.24) is 4.90 Å². The summed E-state index contributed by atoms with van der Waals surface area (Å²) in [5, 5.41) is 8.92. The normalized spacial score (nSPS) is 19.6. The molecule has 0 aromatic heterocycles. The Morgan fingerprint density at radius 3 is 2.50 bits per heavy atom. The van der Waals surface area contributed by atoms with Crippen LogP contribution in [0.1, 0.15) is 39.5 Å². The van der Waals surface area contributed by atoms with E-state index in [-0.39, 0.29) is 5.41 Å². The van der Waals surface area contributed by atoms with E-state index in [0.29, 0.717) is 0 Å². The molecule has 0 amide bonds. The van der Waals surface area contributed by atoms with Crippen LogP contribution in [0.25, 0.3) is 0 Å². The van der Waals surface area contributed by atoms with Gasteiger partial charge in [-0.05, 0) is 71.6 Å². The molecule has 0 aromatic rings. The van der Waals surface area contributed by atoms with Crippen molar-refractivity contribution in [2.24, 2.45) is 17.1 Å². The molecule has 1 aliphatic heterocycles. The molecule has 1 heterocycles. The Kier molecular flexibility index (Phi) is 5.24. The largest absolute Gasteiger partial charge is 0.330 e. The van der Waals surface area contributed by atoms with E-state index in [0.717, 1.165) is 31.8 Å². The predicted molar refractivity (Wildman–Crippen MR) is 66.8 cm³/mol. The number of likely N-dealkylation sites (tertiary alicyclic amines) is 1. The third kappa shape index (κ3) is 4.51. The van der Waals surface area contributed by atoms with Gasteiger partial charge in [0.15, 0.2) is 0 Å². The zero-order chi connectivity index (χ0) is 12.0. The molecule has 0 saturated carbocycles. The first-order chi connectivity index (χ1) is 7.57. The number of hydrogen-bond donors (Lipinski definition) is 1. The van der Waals surface area contributed by atoms with Gasteiger partial charge in [-0.3, -0.25) is 0 Å². The fraction of sp³-hybridized carbons (Fsp3) is 0.923. The van der Waals surface area contributed by atoms with Gasteiger partial charge in [0.25, 0.3) is 0 Å². The Morgan fingerprint density at radius 2 is 2.00 bits per heavy atom. The summed E-state index contributed by atoms with van der Waals surface area (Å²) in [5.41, 5.74) is 5.51. The van der Waals surface area contributed by atoms with E-state index in [1.165, 1.54) is 25.9 Å². The van der Waals surface area contributed by atoms with E-state index < -0.39 is 0 Å². The van der Waals surface area contributed by atoms with Crippen LogP contribution in [0, 0.1) is 22.7 Å². The number of hydrogen-bond acceptors (Lipinski definition) is 3. The Morgan fingerprint density at radius 1 is 1.38 bits per heavy atom. The van der Waals surface area contributed by atoms with Gasteiger partial charge in [0.2, 0.25) is 0 Å². The van der Waals surface area contributed by atoms with Gasteiger partial charge in [-0.15, -0.1) is 0 Å². The molecule has 0 unspecified atom stereocenters. The van der Waals surface area contributed by atoms with Crippen LogP contribution in [0.2, 0.25) is 0 Å². The maximum Gasteiger partial charge on any atom is 0.0683 e. The zero-order valence-corrected chi connectivity index (χ0v) is 10.7. The molecule has 3 nitrogen and oxygen atoms in total. The number of nitrogens with zero attached hydrogens (tertiary/aromatic N) is 2. The van der Waals surface area contributed by atoms with Gasteiger partial charge in [-0.25, -0.2) is 0 Å². The van der Waals surface area contributed by atoms with E-state index in [4.69, 9.17) is 11.0 Å². The van der Waals surface area contributed by atoms with Gasteiger partial charge in [-0.1, -0.05) is 0 Å². The van der Waals surface area contributed by atoms with Crippen LogP contribution in [0.5, 0.6) is 0 Å². The Bertz CT molecular complexity index is 234. The SMILES string of the molecule is CC(C)(C#N)CCCN1CCC(CN)CC1. The smallest absolute Gasteiger partial charge is 0.0683 e. The lowest BCUT2D eigenvalue weighted by molar-refractivity contribution is 0.180. The molecule has 0 bridgehead atoms. The number of nitrogens with two attached hydrogens (primary N) is 1. The van der Waals surface area contributed by atoms with Crippen molar-refractivity contribution in [2.45, 2.75) is 39.5 Å². The van der Waals surface area contributed by atoms with E-state index in [1.807, 2.05) is 13.8 Å². The van der Waals surface area contributed by atoms with Crippen LogP contribution in [0.3, 0.4) is 0 Å². The summed E-state index contributed by atoms with van der Waals surface area (Å²) in [4.78, 5) is 2.51. The second-order valence-electron chi connectivity index (χ2n) is 5.62. The summed E-state index contributed by atoms with van der Waals surface area (Å²) >= 11 is 0. The quantitative estimate of drug-likeness (QED) is 0.775. The highest BCUT2D eigenvalue weighted by Crippen LogP contribution is 2.22. The maximum atomic E-state index is 8.92. The first kappa shape index (κ1) is 13.5. The highest BCUT2D eigenvalue weighted by molar-refractivity contribution is 4.91. The summed E-state index contributed by atoms with van der Waals surface area (Å²) in [6.45, 7) is 8.41. The fourth-order valence-electron chi connectivity index (χ4n) is 2.25. The first-order valence-electron chi connectivity index (χ1n) is 6.41. The standard InChI is InChI=1S/C13H25N3/c1-13(2,11-15)6-3-7-16-8-4-12(10-14)5-9-16/h12H,3-10,14H2,1-2H3. The molecule has 1 rings (SSSR count). The molecule has 16 heavy (non-hydrogen) atoms.